The first kappa shape index (κ1) is 16.4. The van der Waals surface area contributed by atoms with Crippen LogP contribution in [0.15, 0.2) is 54.6 Å². The summed E-state index contributed by atoms with van der Waals surface area (Å²) in [6, 6.07) is 17.7. The molecule has 0 heterocycles. The summed E-state index contributed by atoms with van der Waals surface area (Å²) in [6.07, 6.45) is 1.42. The highest BCUT2D eigenvalue weighted by Gasteiger charge is 2.17. The van der Waals surface area contributed by atoms with Gasteiger partial charge in [0, 0.05) is 5.75 Å². The fraction of sp³-hybridized carbons (Fsp3) is 0.278. The van der Waals surface area contributed by atoms with Gasteiger partial charge in [0.25, 0.3) is 0 Å². The summed E-state index contributed by atoms with van der Waals surface area (Å²) in [4.78, 5) is 11.4. The molecule has 4 heteroatoms. The van der Waals surface area contributed by atoms with Gasteiger partial charge in [-0.2, -0.15) is 0 Å². The van der Waals surface area contributed by atoms with Gasteiger partial charge in [0.05, 0.1) is 7.11 Å². The second-order valence-corrected chi connectivity index (χ2v) is 6.20. The van der Waals surface area contributed by atoms with E-state index in [0.29, 0.717) is 12.2 Å². The molecular formula is C18H20O3S. The number of rotatable bonds is 8. The fourth-order valence-corrected chi connectivity index (χ4v) is 3.15. The van der Waals surface area contributed by atoms with Crippen molar-refractivity contribution >= 4 is 17.7 Å². The van der Waals surface area contributed by atoms with Crippen molar-refractivity contribution in [1.29, 1.82) is 0 Å². The number of hydrogen-bond acceptors (Lipinski definition) is 3. The van der Waals surface area contributed by atoms with Crippen LogP contribution >= 0.6 is 11.8 Å². The molecule has 0 fully saturated rings. The zero-order valence-corrected chi connectivity index (χ0v) is 13.4. The lowest BCUT2D eigenvalue weighted by Crippen LogP contribution is -2.17. The van der Waals surface area contributed by atoms with Gasteiger partial charge in [0.2, 0.25) is 0 Å². The number of aliphatic carboxylic acids is 1. The molecule has 3 nitrogen and oxygen atoms in total. The normalized spacial score (nSPS) is 11.9. The average molecular weight is 316 g/mol. The lowest BCUT2D eigenvalue weighted by Gasteiger charge is -2.12. The Morgan fingerprint density at radius 3 is 2.36 bits per heavy atom. The van der Waals surface area contributed by atoms with Crippen molar-refractivity contribution in [3.63, 3.8) is 0 Å². The third-order valence-electron chi connectivity index (χ3n) is 3.42. The second-order valence-electron chi connectivity index (χ2n) is 5.01. The van der Waals surface area contributed by atoms with Crippen molar-refractivity contribution in [2.45, 2.75) is 23.8 Å². The molecule has 0 aliphatic carbocycles. The lowest BCUT2D eigenvalue weighted by atomic mass is 10.1. The van der Waals surface area contributed by atoms with E-state index in [-0.39, 0.29) is 5.25 Å². The summed E-state index contributed by atoms with van der Waals surface area (Å²) < 4.78 is 5.12. The van der Waals surface area contributed by atoms with Crippen LogP contribution < -0.4 is 4.74 Å². The highest BCUT2D eigenvalue weighted by Crippen LogP contribution is 2.23. The molecule has 0 bridgehead atoms. The third kappa shape index (κ3) is 5.11. The van der Waals surface area contributed by atoms with E-state index in [1.54, 1.807) is 7.11 Å². The minimum Gasteiger partial charge on any atom is -0.497 e. The molecule has 2 aromatic carbocycles. The van der Waals surface area contributed by atoms with Crippen LogP contribution in [0.3, 0.4) is 0 Å². The van der Waals surface area contributed by atoms with Gasteiger partial charge in [0.1, 0.15) is 11.0 Å². The number of thioether (sulfide) groups is 1. The molecule has 0 saturated heterocycles. The first-order valence-corrected chi connectivity index (χ1v) is 8.25. The Labute approximate surface area is 135 Å². The van der Waals surface area contributed by atoms with Crippen LogP contribution in [0.5, 0.6) is 5.75 Å². The Bertz CT molecular complexity index is 581. The van der Waals surface area contributed by atoms with Gasteiger partial charge < -0.3 is 9.84 Å². The second kappa shape index (κ2) is 8.49. The Kier molecular flexibility index (Phi) is 6.34. The van der Waals surface area contributed by atoms with Crippen molar-refractivity contribution < 1.29 is 14.6 Å². The predicted molar refractivity (Wildman–Crippen MR) is 90.5 cm³/mol. The largest absolute Gasteiger partial charge is 0.497 e. The average Bonchev–Trinajstić information content (AvgIpc) is 2.56. The van der Waals surface area contributed by atoms with E-state index in [4.69, 9.17) is 4.74 Å². The summed E-state index contributed by atoms with van der Waals surface area (Å²) >= 11 is 1.48. The van der Waals surface area contributed by atoms with Crippen molar-refractivity contribution in [2.24, 2.45) is 0 Å². The SMILES string of the molecule is COc1ccc(CSC(CCc2ccccc2)C(=O)O)cc1. The van der Waals surface area contributed by atoms with Crippen molar-refractivity contribution in [3.05, 3.63) is 65.7 Å². The first-order valence-electron chi connectivity index (χ1n) is 7.20. The summed E-state index contributed by atoms with van der Waals surface area (Å²) in [5, 5.41) is 8.98. The van der Waals surface area contributed by atoms with Crippen molar-refractivity contribution in [2.75, 3.05) is 7.11 Å². The number of aryl methyl sites for hydroxylation is 1. The maximum Gasteiger partial charge on any atom is 0.316 e. The molecule has 1 atom stereocenters. The Morgan fingerprint density at radius 1 is 1.09 bits per heavy atom. The molecule has 116 valence electrons. The molecule has 2 rings (SSSR count). The molecule has 2 aromatic rings. The van der Waals surface area contributed by atoms with Crippen molar-refractivity contribution in [3.8, 4) is 5.75 Å². The summed E-state index contributed by atoms with van der Waals surface area (Å²) in [5.74, 6) is 0.762. The molecule has 0 saturated carbocycles. The van der Waals surface area contributed by atoms with Gasteiger partial charge in [-0.05, 0) is 36.1 Å². The zero-order valence-electron chi connectivity index (χ0n) is 12.6. The van der Waals surface area contributed by atoms with E-state index >= 15 is 0 Å². The minimum absolute atomic E-state index is 0.387. The summed E-state index contributed by atoms with van der Waals surface area (Å²) in [7, 11) is 1.63. The number of methoxy groups -OCH3 is 1. The third-order valence-corrected chi connectivity index (χ3v) is 4.76. The highest BCUT2D eigenvalue weighted by atomic mass is 32.2. The zero-order chi connectivity index (χ0) is 15.8. The van der Waals surface area contributed by atoms with Gasteiger partial charge in [-0.3, -0.25) is 4.79 Å². The maximum absolute atomic E-state index is 11.4. The molecule has 0 aliphatic rings. The number of benzene rings is 2. The standard InChI is InChI=1S/C18H20O3S/c1-21-16-10-7-15(8-11-16)13-22-17(18(19)20)12-9-14-5-3-2-4-6-14/h2-8,10-11,17H,9,12-13H2,1H3,(H,19,20). The van der Waals surface area contributed by atoms with E-state index in [0.717, 1.165) is 17.7 Å². The van der Waals surface area contributed by atoms with Gasteiger partial charge >= 0.3 is 5.97 Å². The molecule has 0 aliphatic heterocycles. The van der Waals surface area contributed by atoms with Crippen LogP contribution in [-0.4, -0.2) is 23.4 Å². The Balaban J connectivity index is 1.87. The van der Waals surface area contributed by atoms with Gasteiger partial charge in [0.15, 0.2) is 0 Å². The van der Waals surface area contributed by atoms with E-state index in [1.165, 1.54) is 17.3 Å². The van der Waals surface area contributed by atoms with Gasteiger partial charge in [-0.15, -0.1) is 11.8 Å². The Hall–Kier alpha value is -1.94. The maximum atomic E-state index is 11.4. The number of carboxylic acid groups (broad SMARTS) is 1. The topological polar surface area (TPSA) is 46.5 Å². The van der Waals surface area contributed by atoms with Crippen molar-refractivity contribution in [1.82, 2.24) is 0 Å². The quantitative estimate of drug-likeness (QED) is 0.799. The Morgan fingerprint density at radius 2 is 1.77 bits per heavy atom. The molecule has 1 unspecified atom stereocenters. The van der Waals surface area contributed by atoms with E-state index in [1.807, 2.05) is 54.6 Å². The molecule has 0 spiro atoms. The van der Waals surface area contributed by atoms with E-state index < -0.39 is 5.97 Å². The molecular weight excluding hydrogens is 296 g/mol. The molecule has 0 amide bonds. The highest BCUT2D eigenvalue weighted by molar-refractivity contribution is 7.99. The molecule has 22 heavy (non-hydrogen) atoms. The number of hydrogen-bond donors (Lipinski definition) is 1. The lowest BCUT2D eigenvalue weighted by molar-refractivity contribution is -0.136. The first-order chi connectivity index (χ1) is 10.7. The van der Waals surface area contributed by atoms with Gasteiger partial charge in [-0.25, -0.2) is 0 Å². The predicted octanol–water partition coefficient (Wildman–Crippen LogP) is 4.01. The van der Waals surface area contributed by atoms with E-state index in [9.17, 15) is 9.90 Å². The van der Waals surface area contributed by atoms with Crippen LogP contribution in [0.2, 0.25) is 0 Å². The fourth-order valence-electron chi connectivity index (χ4n) is 2.14. The smallest absolute Gasteiger partial charge is 0.316 e. The number of carbonyl (C=O) groups is 1. The van der Waals surface area contributed by atoms with Crippen LogP contribution in [-0.2, 0) is 17.0 Å². The van der Waals surface area contributed by atoms with E-state index in [2.05, 4.69) is 0 Å². The minimum atomic E-state index is -0.741. The number of carboxylic acids is 1. The van der Waals surface area contributed by atoms with Gasteiger partial charge in [-0.1, -0.05) is 42.5 Å². The number of ether oxygens (including phenoxy) is 1. The summed E-state index contributed by atoms with van der Waals surface area (Å²) in [5.41, 5.74) is 2.29. The van der Waals surface area contributed by atoms with Crippen LogP contribution in [0.1, 0.15) is 17.5 Å². The van der Waals surface area contributed by atoms with Crippen LogP contribution in [0.4, 0.5) is 0 Å². The molecule has 1 N–H and O–H groups in total. The monoisotopic (exact) mass is 316 g/mol. The molecule has 0 aromatic heterocycles. The summed E-state index contributed by atoms with van der Waals surface area (Å²) in [6.45, 7) is 0. The van der Waals surface area contributed by atoms with Crippen LogP contribution in [0.25, 0.3) is 0 Å². The molecule has 0 radical (unpaired) electrons. The van der Waals surface area contributed by atoms with Crippen LogP contribution in [0, 0.1) is 0 Å².